The molecule has 28 heavy (non-hydrogen) atoms. The molecule has 0 aromatic heterocycles. The van der Waals surface area contributed by atoms with Gasteiger partial charge in [-0.1, -0.05) is 104 Å². The molecule has 0 radical (unpaired) electrons. The van der Waals surface area contributed by atoms with Gasteiger partial charge in [-0.2, -0.15) is 0 Å². The van der Waals surface area contributed by atoms with E-state index in [-0.39, 0.29) is 0 Å². The molecule has 1 aliphatic heterocycles. The van der Waals surface area contributed by atoms with E-state index >= 15 is 0 Å². The minimum absolute atomic E-state index is 0.304. The summed E-state index contributed by atoms with van der Waals surface area (Å²) in [6.45, 7) is 4.41. The van der Waals surface area contributed by atoms with Gasteiger partial charge in [-0.15, -0.1) is 0 Å². The van der Waals surface area contributed by atoms with Crippen molar-refractivity contribution < 1.29 is 0 Å². The molecule has 1 unspecified atom stereocenters. The molecule has 0 saturated carbocycles. The van der Waals surface area contributed by atoms with Crippen LogP contribution >= 0.6 is 0 Å². The van der Waals surface area contributed by atoms with E-state index in [9.17, 15) is 0 Å². The summed E-state index contributed by atoms with van der Waals surface area (Å²) in [5, 5.41) is 0. The SMILES string of the molecule is CCC1C(c2ccccc2)=NC(c2ccccc2)=C1/C=C\c1ccccc1C. The van der Waals surface area contributed by atoms with Crippen molar-refractivity contribution in [1.29, 1.82) is 0 Å². The zero-order valence-corrected chi connectivity index (χ0v) is 16.5. The summed E-state index contributed by atoms with van der Waals surface area (Å²) >= 11 is 0. The van der Waals surface area contributed by atoms with Gasteiger partial charge in [0.1, 0.15) is 0 Å². The number of nitrogens with zero attached hydrogens (tertiary/aromatic N) is 1. The Morgan fingerprint density at radius 1 is 0.750 bits per heavy atom. The van der Waals surface area contributed by atoms with E-state index in [1.807, 2.05) is 0 Å². The van der Waals surface area contributed by atoms with E-state index in [4.69, 9.17) is 4.99 Å². The Labute approximate surface area is 167 Å². The largest absolute Gasteiger partial charge is 0.251 e. The number of hydrogen-bond acceptors (Lipinski definition) is 1. The average Bonchev–Trinajstić information content (AvgIpc) is 3.13. The molecular weight excluding hydrogens is 338 g/mol. The number of aryl methyl sites for hydroxylation is 1. The van der Waals surface area contributed by atoms with E-state index < -0.39 is 0 Å². The average molecular weight is 364 g/mol. The molecule has 0 bridgehead atoms. The van der Waals surface area contributed by atoms with Gasteiger partial charge in [0, 0.05) is 11.5 Å². The molecule has 1 heteroatoms. The monoisotopic (exact) mass is 363 g/mol. The molecule has 0 amide bonds. The number of allylic oxidation sites excluding steroid dienone is 2. The molecule has 138 valence electrons. The Morgan fingerprint density at radius 3 is 2.00 bits per heavy atom. The summed E-state index contributed by atoms with van der Waals surface area (Å²) in [5.41, 5.74) is 8.50. The molecule has 4 rings (SSSR count). The van der Waals surface area contributed by atoms with Gasteiger partial charge < -0.3 is 0 Å². The molecule has 1 nitrogen and oxygen atoms in total. The van der Waals surface area contributed by atoms with Crippen molar-refractivity contribution in [3.05, 3.63) is 119 Å². The van der Waals surface area contributed by atoms with E-state index in [2.05, 4.69) is 111 Å². The summed E-state index contributed by atoms with van der Waals surface area (Å²) in [6, 6.07) is 29.6. The first-order valence-corrected chi connectivity index (χ1v) is 9.95. The fraction of sp³-hybridized carbons (Fsp3) is 0.148. The molecule has 1 heterocycles. The summed E-state index contributed by atoms with van der Waals surface area (Å²) in [4.78, 5) is 5.14. The fourth-order valence-electron chi connectivity index (χ4n) is 3.84. The predicted molar refractivity (Wildman–Crippen MR) is 120 cm³/mol. The lowest BCUT2D eigenvalue weighted by molar-refractivity contribution is 0.801. The fourth-order valence-corrected chi connectivity index (χ4v) is 3.84. The summed E-state index contributed by atoms with van der Waals surface area (Å²) in [6.07, 6.45) is 5.54. The van der Waals surface area contributed by atoms with Crippen LogP contribution in [0, 0.1) is 12.8 Å². The second-order valence-corrected chi connectivity index (χ2v) is 7.18. The summed E-state index contributed by atoms with van der Waals surface area (Å²) < 4.78 is 0. The second-order valence-electron chi connectivity index (χ2n) is 7.18. The van der Waals surface area contributed by atoms with Crippen LogP contribution in [-0.4, -0.2) is 5.71 Å². The Balaban J connectivity index is 1.81. The van der Waals surface area contributed by atoms with Crippen LogP contribution in [0.15, 0.2) is 102 Å². The third kappa shape index (κ3) is 3.61. The molecule has 0 saturated heterocycles. The minimum atomic E-state index is 0.304. The van der Waals surface area contributed by atoms with Gasteiger partial charge in [0.2, 0.25) is 0 Å². The molecule has 1 aliphatic rings. The topological polar surface area (TPSA) is 12.4 Å². The van der Waals surface area contributed by atoms with Gasteiger partial charge in [-0.25, -0.2) is 0 Å². The van der Waals surface area contributed by atoms with Crippen LogP contribution in [0.1, 0.15) is 35.6 Å². The van der Waals surface area contributed by atoms with Gasteiger partial charge in [0.25, 0.3) is 0 Å². The second kappa shape index (κ2) is 8.22. The van der Waals surface area contributed by atoms with Crippen LogP contribution in [0.3, 0.4) is 0 Å². The molecule has 1 atom stereocenters. The lowest BCUT2D eigenvalue weighted by atomic mass is 9.87. The molecule has 3 aromatic carbocycles. The molecular formula is C27H25N. The first kappa shape index (κ1) is 18.2. The van der Waals surface area contributed by atoms with Crippen molar-refractivity contribution in [2.24, 2.45) is 10.9 Å². The maximum Gasteiger partial charge on any atom is 0.0744 e. The van der Waals surface area contributed by atoms with Gasteiger partial charge in [0.05, 0.1) is 11.4 Å². The van der Waals surface area contributed by atoms with E-state index in [0.29, 0.717) is 5.92 Å². The van der Waals surface area contributed by atoms with Gasteiger partial charge in [0.15, 0.2) is 0 Å². The Bertz CT molecular complexity index is 1040. The van der Waals surface area contributed by atoms with Crippen molar-refractivity contribution in [3.63, 3.8) is 0 Å². The maximum atomic E-state index is 5.14. The van der Waals surface area contributed by atoms with Crippen molar-refractivity contribution >= 4 is 17.5 Å². The van der Waals surface area contributed by atoms with E-state index in [1.54, 1.807) is 0 Å². The molecule has 0 aliphatic carbocycles. The third-order valence-electron chi connectivity index (χ3n) is 5.37. The normalized spacial score (nSPS) is 16.6. The van der Waals surface area contributed by atoms with Crippen molar-refractivity contribution in [1.82, 2.24) is 0 Å². The van der Waals surface area contributed by atoms with Gasteiger partial charge in [-0.05, 0) is 35.6 Å². The minimum Gasteiger partial charge on any atom is -0.251 e. The highest BCUT2D eigenvalue weighted by atomic mass is 14.8. The Morgan fingerprint density at radius 2 is 1.36 bits per heavy atom. The molecule has 0 spiro atoms. The number of rotatable bonds is 5. The summed E-state index contributed by atoms with van der Waals surface area (Å²) in [7, 11) is 0. The zero-order valence-electron chi connectivity index (χ0n) is 16.5. The van der Waals surface area contributed by atoms with Crippen molar-refractivity contribution in [3.8, 4) is 0 Å². The predicted octanol–water partition coefficient (Wildman–Crippen LogP) is 6.95. The lowest BCUT2D eigenvalue weighted by Crippen LogP contribution is -2.13. The smallest absolute Gasteiger partial charge is 0.0744 e. The number of aliphatic imine (C=N–C) groups is 1. The molecule has 0 fully saturated rings. The highest BCUT2D eigenvalue weighted by Crippen LogP contribution is 2.38. The van der Waals surface area contributed by atoms with Crippen LogP contribution in [-0.2, 0) is 0 Å². The number of benzene rings is 3. The molecule has 3 aromatic rings. The Hall–Kier alpha value is -3.19. The first-order chi connectivity index (χ1) is 13.8. The lowest BCUT2D eigenvalue weighted by Gasteiger charge is -2.14. The van der Waals surface area contributed by atoms with Crippen LogP contribution < -0.4 is 0 Å². The third-order valence-corrected chi connectivity index (χ3v) is 5.37. The van der Waals surface area contributed by atoms with Crippen molar-refractivity contribution in [2.45, 2.75) is 20.3 Å². The van der Waals surface area contributed by atoms with Crippen LogP contribution in [0.4, 0.5) is 0 Å². The van der Waals surface area contributed by atoms with Gasteiger partial charge in [-0.3, -0.25) is 4.99 Å². The van der Waals surface area contributed by atoms with Gasteiger partial charge >= 0.3 is 0 Å². The highest BCUT2D eigenvalue weighted by molar-refractivity contribution is 6.11. The van der Waals surface area contributed by atoms with Crippen molar-refractivity contribution in [2.75, 3.05) is 0 Å². The highest BCUT2D eigenvalue weighted by Gasteiger charge is 2.28. The first-order valence-electron chi connectivity index (χ1n) is 9.95. The molecule has 0 N–H and O–H groups in total. The van der Waals surface area contributed by atoms with Crippen LogP contribution in [0.25, 0.3) is 11.8 Å². The quantitative estimate of drug-likeness (QED) is 0.465. The maximum absolute atomic E-state index is 5.14. The van der Waals surface area contributed by atoms with Crippen LogP contribution in [0.5, 0.6) is 0 Å². The van der Waals surface area contributed by atoms with E-state index in [0.717, 1.165) is 12.1 Å². The summed E-state index contributed by atoms with van der Waals surface area (Å²) in [5.74, 6) is 0.304. The number of hydrogen-bond donors (Lipinski definition) is 0. The van der Waals surface area contributed by atoms with Crippen LogP contribution in [0.2, 0.25) is 0 Å². The van der Waals surface area contributed by atoms with E-state index in [1.165, 1.54) is 33.5 Å². The zero-order chi connectivity index (χ0) is 19.3. The standard InChI is InChI=1S/C27H25N/c1-3-24-25(19-18-21-13-11-10-12-20(21)2)27(23-16-8-5-9-17-23)28-26(24)22-14-6-4-7-15-22/h4-19,24H,3H2,1-2H3/b19-18-. The Kier molecular flexibility index (Phi) is 5.34.